The van der Waals surface area contributed by atoms with Crippen molar-refractivity contribution in [1.82, 2.24) is 10.9 Å². The van der Waals surface area contributed by atoms with Crippen LogP contribution >= 0.6 is 0 Å². The Hall–Kier alpha value is -2.70. The molecule has 0 fully saturated rings. The topological polar surface area (TPSA) is 104 Å². The molecule has 0 aliphatic carbocycles. The number of carboxylic acid groups (broad SMARTS) is 1. The fourth-order valence-electron chi connectivity index (χ4n) is 2.07. The highest BCUT2D eigenvalue weighted by Crippen LogP contribution is 2.24. The van der Waals surface area contributed by atoms with E-state index in [1.165, 1.54) is 0 Å². The quantitative estimate of drug-likeness (QED) is 0.467. The third-order valence-electron chi connectivity index (χ3n) is 3.14. The lowest BCUT2D eigenvalue weighted by molar-refractivity contribution is -0.139. The smallest absolute Gasteiger partial charge is 0.337 e. The van der Waals surface area contributed by atoms with E-state index in [0.717, 1.165) is 11.1 Å². The molecule has 6 heteroatoms. The van der Waals surface area contributed by atoms with E-state index in [2.05, 4.69) is 10.9 Å². The number of nitrogens with two attached hydrogens (primary N) is 1. The number of hydrazine groups is 1. The maximum absolute atomic E-state index is 12.4. The molecule has 2 aromatic carbocycles. The number of hydrogen-bond acceptors (Lipinski definition) is 4. The van der Waals surface area contributed by atoms with E-state index in [0.29, 0.717) is 0 Å². The molecule has 0 bridgehead atoms. The normalized spacial score (nSPS) is 11.9. The monoisotopic (exact) mass is 299 g/mol. The Morgan fingerprint density at radius 1 is 0.909 bits per heavy atom. The van der Waals surface area contributed by atoms with Gasteiger partial charge in [0.1, 0.15) is 0 Å². The van der Waals surface area contributed by atoms with Gasteiger partial charge in [-0.1, -0.05) is 60.7 Å². The summed E-state index contributed by atoms with van der Waals surface area (Å²) in [7, 11) is 0. The van der Waals surface area contributed by atoms with Gasteiger partial charge in [-0.15, -0.1) is 0 Å². The van der Waals surface area contributed by atoms with Gasteiger partial charge >= 0.3 is 5.97 Å². The Balaban J connectivity index is 2.22. The molecule has 2 rings (SSSR count). The molecule has 22 heavy (non-hydrogen) atoms. The summed E-state index contributed by atoms with van der Waals surface area (Å²) >= 11 is 0. The number of aliphatic carboxylic acids is 1. The highest BCUT2D eigenvalue weighted by Gasteiger charge is 2.23. The van der Waals surface area contributed by atoms with E-state index < -0.39 is 18.1 Å². The van der Waals surface area contributed by atoms with Gasteiger partial charge in [-0.3, -0.25) is 10.2 Å². The second kappa shape index (κ2) is 7.35. The number of amides is 1. The predicted molar refractivity (Wildman–Crippen MR) is 81.6 cm³/mol. The zero-order chi connectivity index (χ0) is 15.9. The van der Waals surface area contributed by atoms with Gasteiger partial charge in [-0.25, -0.2) is 10.2 Å². The van der Waals surface area contributed by atoms with Crippen molar-refractivity contribution >= 4 is 11.9 Å². The third-order valence-corrected chi connectivity index (χ3v) is 3.14. The second-order valence-electron chi connectivity index (χ2n) is 4.70. The summed E-state index contributed by atoms with van der Waals surface area (Å²) in [6, 6.07) is 18.5. The molecule has 0 aliphatic rings. The van der Waals surface area contributed by atoms with E-state index in [4.69, 9.17) is 10.8 Å². The Kier molecular flexibility index (Phi) is 5.24. The Morgan fingerprint density at radius 2 is 1.36 bits per heavy atom. The number of carboxylic acids is 1. The molecule has 0 aromatic heterocycles. The molecule has 0 saturated carbocycles. The van der Waals surface area contributed by atoms with E-state index in [1.54, 1.807) is 0 Å². The summed E-state index contributed by atoms with van der Waals surface area (Å²) < 4.78 is 0. The van der Waals surface area contributed by atoms with Gasteiger partial charge in [-0.05, 0) is 11.1 Å². The molecule has 0 heterocycles. The highest BCUT2D eigenvalue weighted by atomic mass is 16.4. The van der Waals surface area contributed by atoms with E-state index in [1.807, 2.05) is 60.7 Å². The summed E-state index contributed by atoms with van der Waals surface area (Å²) in [6.45, 7) is 0. The van der Waals surface area contributed by atoms with Gasteiger partial charge in [0.25, 0.3) is 0 Å². The first-order valence-electron chi connectivity index (χ1n) is 6.73. The van der Waals surface area contributed by atoms with Gasteiger partial charge in [-0.2, -0.15) is 0 Å². The fraction of sp³-hybridized carbons (Fsp3) is 0.125. The average Bonchev–Trinajstić information content (AvgIpc) is 2.54. The number of carbonyl (C=O) groups excluding carboxylic acids is 1. The summed E-state index contributed by atoms with van der Waals surface area (Å²) in [4.78, 5) is 23.1. The molecular weight excluding hydrogens is 282 g/mol. The summed E-state index contributed by atoms with van der Waals surface area (Å²) in [5, 5.41) is 8.73. The molecule has 0 radical (unpaired) electrons. The van der Waals surface area contributed by atoms with Crippen molar-refractivity contribution in [3.05, 3.63) is 71.8 Å². The average molecular weight is 299 g/mol. The number of benzene rings is 2. The van der Waals surface area contributed by atoms with Crippen LogP contribution in [0, 0.1) is 0 Å². The minimum Gasteiger partial charge on any atom is -0.479 e. The van der Waals surface area contributed by atoms with Crippen LogP contribution in [0.3, 0.4) is 0 Å². The van der Waals surface area contributed by atoms with Gasteiger partial charge < -0.3 is 10.8 Å². The zero-order valence-electron chi connectivity index (χ0n) is 11.8. The standard InChI is InChI=1S/C16H17N3O3/c17-14(16(21)22)18-19-15(20)13(11-7-3-1-4-8-11)12-9-5-2-6-10-12/h1-10,13-14,18H,17H2,(H,19,20)(H,21,22). The van der Waals surface area contributed by atoms with Gasteiger partial charge in [0.2, 0.25) is 5.91 Å². The Labute approximate surface area is 127 Å². The summed E-state index contributed by atoms with van der Waals surface area (Å²) in [5.41, 5.74) is 11.6. The van der Waals surface area contributed by atoms with Gasteiger partial charge in [0, 0.05) is 0 Å². The second-order valence-corrected chi connectivity index (χ2v) is 4.70. The first-order chi connectivity index (χ1) is 10.6. The van der Waals surface area contributed by atoms with Crippen LogP contribution < -0.4 is 16.6 Å². The lowest BCUT2D eigenvalue weighted by Gasteiger charge is -2.19. The molecule has 114 valence electrons. The molecule has 2 aromatic rings. The molecule has 5 N–H and O–H groups in total. The number of rotatable bonds is 6. The van der Waals surface area contributed by atoms with Crippen LogP contribution in [0.4, 0.5) is 0 Å². The van der Waals surface area contributed by atoms with Crippen molar-refractivity contribution in [2.75, 3.05) is 0 Å². The SMILES string of the molecule is NC(NNC(=O)C(c1ccccc1)c1ccccc1)C(=O)O. The van der Waals surface area contributed by atoms with Crippen molar-refractivity contribution in [3.63, 3.8) is 0 Å². The third kappa shape index (κ3) is 3.91. The van der Waals surface area contributed by atoms with E-state index >= 15 is 0 Å². The number of nitrogens with one attached hydrogen (secondary N) is 2. The molecule has 1 atom stereocenters. The summed E-state index contributed by atoms with van der Waals surface area (Å²) in [6.07, 6.45) is -1.36. The van der Waals surface area contributed by atoms with Crippen molar-refractivity contribution < 1.29 is 14.7 Å². The minimum atomic E-state index is -1.36. The van der Waals surface area contributed by atoms with E-state index in [-0.39, 0.29) is 5.91 Å². The van der Waals surface area contributed by atoms with Gasteiger partial charge in [0.05, 0.1) is 5.92 Å². The largest absolute Gasteiger partial charge is 0.479 e. The van der Waals surface area contributed by atoms with Crippen molar-refractivity contribution in [2.24, 2.45) is 5.73 Å². The van der Waals surface area contributed by atoms with Crippen molar-refractivity contribution in [1.29, 1.82) is 0 Å². The van der Waals surface area contributed by atoms with Crippen LogP contribution in [-0.4, -0.2) is 23.1 Å². The maximum atomic E-state index is 12.4. The van der Waals surface area contributed by atoms with Crippen LogP contribution in [0.15, 0.2) is 60.7 Å². The van der Waals surface area contributed by atoms with Crippen LogP contribution in [0.1, 0.15) is 17.0 Å². The summed E-state index contributed by atoms with van der Waals surface area (Å²) in [5.74, 6) is -2.19. The fourth-order valence-corrected chi connectivity index (χ4v) is 2.07. The first kappa shape index (κ1) is 15.7. The molecule has 0 saturated heterocycles. The molecule has 1 unspecified atom stereocenters. The van der Waals surface area contributed by atoms with Crippen LogP contribution in [-0.2, 0) is 9.59 Å². The van der Waals surface area contributed by atoms with Crippen LogP contribution in [0.25, 0.3) is 0 Å². The molecular formula is C16H17N3O3. The van der Waals surface area contributed by atoms with Crippen molar-refractivity contribution in [2.45, 2.75) is 12.1 Å². The molecule has 6 nitrogen and oxygen atoms in total. The van der Waals surface area contributed by atoms with Gasteiger partial charge in [0.15, 0.2) is 6.17 Å². The number of carbonyl (C=O) groups is 2. The molecule has 0 spiro atoms. The maximum Gasteiger partial charge on any atom is 0.337 e. The van der Waals surface area contributed by atoms with Crippen LogP contribution in [0.5, 0.6) is 0 Å². The minimum absolute atomic E-state index is 0.380. The lowest BCUT2D eigenvalue weighted by atomic mass is 9.91. The molecule has 1 amide bonds. The van der Waals surface area contributed by atoms with E-state index in [9.17, 15) is 9.59 Å². The Morgan fingerprint density at radius 3 is 1.77 bits per heavy atom. The first-order valence-corrected chi connectivity index (χ1v) is 6.73. The highest BCUT2D eigenvalue weighted by molar-refractivity contribution is 5.87. The Bertz CT molecular complexity index is 592. The van der Waals surface area contributed by atoms with Crippen LogP contribution in [0.2, 0.25) is 0 Å². The van der Waals surface area contributed by atoms with Crippen molar-refractivity contribution in [3.8, 4) is 0 Å². The molecule has 0 aliphatic heterocycles. The number of hydrogen-bond donors (Lipinski definition) is 4. The lowest BCUT2D eigenvalue weighted by Crippen LogP contribution is -2.54. The predicted octanol–water partition coefficient (Wildman–Crippen LogP) is 0.809. The zero-order valence-corrected chi connectivity index (χ0v) is 11.8.